The van der Waals surface area contributed by atoms with Gasteiger partial charge < -0.3 is 0 Å². The summed E-state index contributed by atoms with van der Waals surface area (Å²) in [5.41, 5.74) is 1.44. The number of nitrogens with zero attached hydrogens (tertiary/aromatic N) is 1. The van der Waals surface area contributed by atoms with E-state index in [4.69, 9.17) is 0 Å². The lowest BCUT2D eigenvalue weighted by Gasteiger charge is -2.09. The van der Waals surface area contributed by atoms with Crippen molar-refractivity contribution in [3.8, 4) is 0 Å². The Kier molecular flexibility index (Phi) is 3.02. The molecule has 0 amide bonds. The van der Waals surface area contributed by atoms with Gasteiger partial charge in [0.25, 0.3) is 0 Å². The van der Waals surface area contributed by atoms with Crippen LogP contribution in [0.3, 0.4) is 0 Å². The van der Waals surface area contributed by atoms with Gasteiger partial charge in [0.1, 0.15) is 0 Å². The van der Waals surface area contributed by atoms with Gasteiger partial charge in [-0.3, -0.25) is 4.99 Å². The number of aliphatic imine (C=N–C) groups is 1. The van der Waals surface area contributed by atoms with Gasteiger partial charge in [-0.05, 0) is 49.6 Å². The van der Waals surface area contributed by atoms with Gasteiger partial charge in [-0.15, -0.1) is 0 Å². The highest BCUT2D eigenvalue weighted by atomic mass is 79.9. The minimum atomic E-state index is 0.489. The summed E-state index contributed by atoms with van der Waals surface area (Å²) in [6.07, 6.45) is 3.63. The lowest BCUT2D eigenvalue weighted by Crippen LogP contribution is -1.97. The van der Waals surface area contributed by atoms with Gasteiger partial charge in [-0.25, -0.2) is 0 Å². The first kappa shape index (κ1) is 9.91. The Morgan fingerprint density at radius 3 is 2.50 bits per heavy atom. The third-order valence-electron chi connectivity index (χ3n) is 3.00. The van der Waals surface area contributed by atoms with E-state index in [0.29, 0.717) is 12.0 Å². The van der Waals surface area contributed by atoms with Crippen LogP contribution in [0, 0.1) is 0 Å². The van der Waals surface area contributed by atoms with Gasteiger partial charge in [0, 0.05) is 10.5 Å². The van der Waals surface area contributed by atoms with Crippen LogP contribution >= 0.6 is 15.9 Å². The molecule has 1 aliphatic rings. The third kappa shape index (κ3) is 2.06. The molecule has 2 heteroatoms. The maximum Gasteiger partial charge on any atom is 0.0498 e. The molecule has 2 atom stereocenters. The molecule has 2 unspecified atom stereocenters. The zero-order chi connectivity index (χ0) is 9.97. The van der Waals surface area contributed by atoms with Gasteiger partial charge in [0.2, 0.25) is 0 Å². The minimum absolute atomic E-state index is 0.489. The summed E-state index contributed by atoms with van der Waals surface area (Å²) < 4.78 is 1.15. The van der Waals surface area contributed by atoms with Crippen LogP contribution in [0.5, 0.6) is 0 Å². The van der Waals surface area contributed by atoms with E-state index in [9.17, 15) is 0 Å². The molecule has 0 aromatic heterocycles. The van der Waals surface area contributed by atoms with Crippen molar-refractivity contribution in [2.24, 2.45) is 4.99 Å². The van der Waals surface area contributed by atoms with Crippen molar-refractivity contribution in [2.75, 3.05) is 0 Å². The molecule has 1 saturated carbocycles. The first-order chi connectivity index (χ1) is 6.79. The van der Waals surface area contributed by atoms with Crippen LogP contribution in [0.4, 0.5) is 0 Å². The molecule has 14 heavy (non-hydrogen) atoms. The van der Waals surface area contributed by atoms with Crippen molar-refractivity contribution < 1.29 is 0 Å². The Balaban J connectivity index is 2.09. The highest BCUT2D eigenvalue weighted by molar-refractivity contribution is 9.10. The summed E-state index contributed by atoms with van der Waals surface area (Å²) in [4.78, 5) is 4.12. The molecule has 1 fully saturated rings. The van der Waals surface area contributed by atoms with Crippen LogP contribution in [0.25, 0.3) is 0 Å². The zero-order valence-corrected chi connectivity index (χ0v) is 9.70. The number of halogens is 1. The van der Waals surface area contributed by atoms with Gasteiger partial charge in [0.05, 0.1) is 0 Å². The fraction of sp³-hybridized carbons (Fsp3) is 0.417. The van der Waals surface area contributed by atoms with Gasteiger partial charge in [-0.2, -0.15) is 0 Å². The molecule has 1 aromatic rings. The minimum Gasteiger partial charge on any atom is -0.298 e. The first-order valence-electron chi connectivity index (χ1n) is 5.01. The molecule has 0 radical (unpaired) electrons. The normalized spacial score (nSPS) is 26.4. The van der Waals surface area contributed by atoms with Crippen LogP contribution in [-0.4, -0.2) is 12.8 Å². The van der Waals surface area contributed by atoms with Gasteiger partial charge in [0.15, 0.2) is 0 Å². The highest BCUT2D eigenvalue weighted by Crippen LogP contribution is 2.36. The van der Waals surface area contributed by atoms with Crippen LogP contribution < -0.4 is 0 Å². The molecule has 0 bridgehead atoms. The number of hydrogen-bond donors (Lipinski definition) is 0. The Bertz CT molecular complexity index is 318. The average Bonchev–Trinajstić information content (AvgIpc) is 2.67. The summed E-state index contributed by atoms with van der Waals surface area (Å²) in [7, 11) is 0. The molecule has 74 valence electrons. The predicted molar refractivity (Wildman–Crippen MR) is 64.1 cm³/mol. The maximum atomic E-state index is 4.12. The van der Waals surface area contributed by atoms with E-state index in [1.165, 1.54) is 24.8 Å². The largest absolute Gasteiger partial charge is 0.298 e. The highest BCUT2D eigenvalue weighted by Gasteiger charge is 2.24. The van der Waals surface area contributed by atoms with E-state index in [2.05, 4.69) is 51.9 Å². The zero-order valence-electron chi connectivity index (χ0n) is 8.12. The molecule has 0 heterocycles. The second kappa shape index (κ2) is 4.26. The number of benzene rings is 1. The predicted octanol–water partition coefficient (Wildman–Crippen LogP) is 3.79. The molecule has 0 spiro atoms. The smallest absolute Gasteiger partial charge is 0.0498 e. The molecule has 1 aliphatic carbocycles. The molecule has 0 N–H and O–H groups in total. The van der Waals surface area contributed by atoms with Gasteiger partial charge in [-0.1, -0.05) is 28.1 Å². The Hall–Kier alpha value is -0.630. The number of hydrogen-bond acceptors (Lipinski definition) is 1. The standard InChI is InChI=1S/C12H14BrN/c1-14-12-7-4-10(8-12)9-2-5-11(13)6-3-9/h2-3,5-6,10,12H,1,4,7-8H2. The quantitative estimate of drug-likeness (QED) is 0.710. The lowest BCUT2D eigenvalue weighted by atomic mass is 9.98. The van der Waals surface area contributed by atoms with Crippen LogP contribution in [-0.2, 0) is 0 Å². The van der Waals surface area contributed by atoms with Crippen LogP contribution in [0.2, 0.25) is 0 Å². The topological polar surface area (TPSA) is 12.4 Å². The van der Waals surface area contributed by atoms with Crippen molar-refractivity contribution in [2.45, 2.75) is 31.2 Å². The van der Waals surface area contributed by atoms with Crippen molar-refractivity contribution in [3.05, 3.63) is 34.3 Å². The summed E-state index contributed by atoms with van der Waals surface area (Å²) >= 11 is 3.45. The van der Waals surface area contributed by atoms with Crippen LogP contribution in [0.1, 0.15) is 30.7 Å². The van der Waals surface area contributed by atoms with Crippen molar-refractivity contribution in [1.82, 2.24) is 0 Å². The van der Waals surface area contributed by atoms with E-state index in [-0.39, 0.29) is 0 Å². The molecular formula is C12H14BrN. The second-order valence-electron chi connectivity index (χ2n) is 3.90. The summed E-state index contributed by atoms with van der Waals surface area (Å²) in [5, 5.41) is 0. The van der Waals surface area contributed by atoms with Crippen molar-refractivity contribution >= 4 is 22.6 Å². The first-order valence-corrected chi connectivity index (χ1v) is 5.80. The van der Waals surface area contributed by atoms with E-state index >= 15 is 0 Å². The Morgan fingerprint density at radius 1 is 1.21 bits per heavy atom. The Morgan fingerprint density at radius 2 is 1.93 bits per heavy atom. The van der Waals surface area contributed by atoms with E-state index in [1.807, 2.05) is 0 Å². The second-order valence-corrected chi connectivity index (χ2v) is 4.81. The fourth-order valence-electron chi connectivity index (χ4n) is 2.16. The molecule has 0 saturated heterocycles. The fourth-order valence-corrected chi connectivity index (χ4v) is 2.43. The summed E-state index contributed by atoms with van der Waals surface area (Å²) in [6, 6.07) is 9.14. The van der Waals surface area contributed by atoms with Crippen molar-refractivity contribution in [3.63, 3.8) is 0 Å². The molecule has 1 nitrogen and oxygen atoms in total. The van der Waals surface area contributed by atoms with Crippen molar-refractivity contribution in [1.29, 1.82) is 0 Å². The van der Waals surface area contributed by atoms with E-state index < -0.39 is 0 Å². The third-order valence-corrected chi connectivity index (χ3v) is 3.53. The van der Waals surface area contributed by atoms with E-state index in [0.717, 1.165) is 4.47 Å². The van der Waals surface area contributed by atoms with Crippen LogP contribution in [0.15, 0.2) is 33.7 Å². The average molecular weight is 252 g/mol. The maximum absolute atomic E-state index is 4.12. The summed E-state index contributed by atoms with van der Waals surface area (Å²) in [6.45, 7) is 3.63. The molecular weight excluding hydrogens is 238 g/mol. The number of rotatable bonds is 2. The monoisotopic (exact) mass is 251 g/mol. The molecule has 2 rings (SSSR count). The van der Waals surface area contributed by atoms with E-state index in [1.54, 1.807) is 0 Å². The van der Waals surface area contributed by atoms with Gasteiger partial charge >= 0.3 is 0 Å². The molecule has 1 aromatic carbocycles. The lowest BCUT2D eigenvalue weighted by molar-refractivity contribution is 0.680. The Labute approximate surface area is 93.4 Å². The SMILES string of the molecule is C=NC1CCC(c2ccc(Br)cc2)C1. The molecule has 0 aliphatic heterocycles. The summed E-state index contributed by atoms with van der Waals surface area (Å²) in [5.74, 6) is 0.693.